The summed E-state index contributed by atoms with van der Waals surface area (Å²) in [4.78, 5) is 21.4. The molecule has 1 rings (SSSR count). The van der Waals surface area contributed by atoms with Crippen LogP contribution in [-0.2, 0) is 9.59 Å². The summed E-state index contributed by atoms with van der Waals surface area (Å²) in [7, 11) is 0. The molecule has 0 aliphatic rings. The van der Waals surface area contributed by atoms with Gasteiger partial charge in [-0.15, -0.1) is 0 Å². The molecule has 0 unspecified atom stereocenters. The number of aldehydes is 1. The van der Waals surface area contributed by atoms with Gasteiger partial charge in [-0.05, 0) is 11.6 Å². The Morgan fingerprint density at radius 2 is 1.93 bits per heavy atom. The predicted molar refractivity (Wildman–Crippen MR) is 50.4 cm³/mol. The van der Waals surface area contributed by atoms with Gasteiger partial charge in [0.25, 0.3) is 5.91 Å². The fraction of sp³-hybridized carbons (Fsp3) is 0. The van der Waals surface area contributed by atoms with E-state index in [0.717, 1.165) is 5.56 Å². The van der Waals surface area contributed by atoms with Gasteiger partial charge in [0.2, 0.25) is 0 Å². The molecule has 1 aromatic rings. The summed E-state index contributed by atoms with van der Waals surface area (Å²) in [6.45, 7) is 0. The zero-order valence-corrected chi connectivity index (χ0v) is 7.31. The molecule has 72 valence electrons. The highest BCUT2D eigenvalue weighted by Crippen LogP contribution is 2.04. The maximum absolute atomic E-state index is 10.9. The van der Waals surface area contributed by atoms with Gasteiger partial charge in [0.05, 0.1) is 5.57 Å². The van der Waals surface area contributed by atoms with Gasteiger partial charge in [0.15, 0.2) is 6.29 Å². The maximum atomic E-state index is 10.9. The van der Waals surface area contributed by atoms with E-state index < -0.39 is 5.91 Å². The van der Waals surface area contributed by atoms with Gasteiger partial charge < -0.3 is 0 Å². The van der Waals surface area contributed by atoms with Crippen molar-refractivity contribution in [2.75, 3.05) is 0 Å². The number of carbonyl (C=O) groups is 2. The average Bonchev–Trinajstić information content (AvgIpc) is 2.26. The molecular weight excluding hydrogens is 182 g/mol. The lowest BCUT2D eigenvalue weighted by molar-refractivity contribution is -0.126. The maximum Gasteiger partial charge on any atom is 0.277 e. The van der Waals surface area contributed by atoms with E-state index in [1.807, 2.05) is 6.07 Å². The van der Waals surface area contributed by atoms with Gasteiger partial charge >= 0.3 is 0 Å². The summed E-state index contributed by atoms with van der Waals surface area (Å²) in [5, 5.41) is 8.32. The Balaban J connectivity index is 2.95. The van der Waals surface area contributed by atoms with Crippen molar-refractivity contribution < 1.29 is 14.8 Å². The van der Waals surface area contributed by atoms with Crippen molar-refractivity contribution in [1.29, 1.82) is 0 Å². The van der Waals surface area contributed by atoms with Gasteiger partial charge in [0, 0.05) is 0 Å². The number of amides is 1. The number of hydroxylamine groups is 1. The minimum Gasteiger partial charge on any atom is -0.298 e. The lowest BCUT2D eigenvalue weighted by Crippen LogP contribution is -2.21. The molecule has 14 heavy (non-hydrogen) atoms. The number of rotatable bonds is 3. The zero-order chi connectivity index (χ0) is 10.4. The number of hydrogen-bond acceptors (Lipinski definition) is 3. The van der Waals surface area contributed by atoms with Crippen molar-refractivity contribution in [3.05, 3.63) is 41.5 Å². The molecule has 0 aliphatic carbocycles. The molecule has 2 N–H and O–H groups in total. The summed E-state index contributed by atoms with van der Waals surface area (Å²) < 4.78 is 0. The molecule has 0 aliphatic heterocycles. The Bertz CT molecular complexity index is 357. The third-order valence-corrected chi connectivity index (χ3v) is 1.61. The lowest BCUT2D eigenvalue weighted by Gasteiger charge is -1.97. The second-order valence-corrected chi connectivity index (χ2v) is 2.57. The molecule has 0 atom stereocenters. The van der Waals surface area contributed by atoms with Gasteiger partial charge in [-0.1, -0.05) is 30.3 Å². The summed E-state index contributed by atoms with van der Waals surface area (Å²) in [5.41, 5.74) is 1.99. The molecule has 0 fully saturated rings. The molecule has 1 amide bonds. The Morgan fingerprint density at radius 3 is 2.43 bits per heavy atom. The van der Waals surface area contributed by atoms with Gasteiger partial charge in [-0.3, -0.25) is 14.8 Å². The van der Waals surface area contributed by atoms with Crippen LogP contribution in [0.15, 0.2) is 35.9 Å². The van der Waals surface area contributed by atoms with E-state index in [9.17, 15) is 9.59 Å². The van der Waals surface area contributed by atoms with E-state index in [-0.39, 0.29) is 5.57 Å². The first kappa shape index (κ1) is 10.1. The van der Waals surface area contributed by atoms with Crippen LogP contribution < -0.4 is 5.48 Å². The first-order valence-electron chi connectivity index (χ1n) is 3.94. The van der Waals surface area contributed by atoms with Crippen LogP contribution in [0.5, 0.6) is 0 Å². The van der Waals surface area contributed by atoms with Crippen LogP contribution in [0.3, 0.4) is 0 Å². The highest BCUT2D eigenvalue weighted by Gasteiger charge is 2.05. The molecular formula is C10H9NO3. The predicted octanol–water partition coefficient (Wildman–Crippen LogP) is 0.774. The van der Waals surface area contributed by atoms with Gasteiger partial charge in [-0.25, -0.2) is 5.48 Å². The minimum absolute atomic E-state index is 0.126. The van der Waals surface area contributed by atoms with Crippen molar-refractivity contribution in [2.45, 2.75) is 0 Å². The molecule has 0 heterocycles. The largest absolute Gasteiger partial charge is 0.298 e. The summed E-state index contributed by atoms with van der Waals surface area (Å²) in [6, 6.07) is 8.88. The molecule has 0 saturated carbocycles. The molecule has 0 saturated heterocycles. The Kier molecular flexibility index (Phi) is 3.58. The fourth-order valence-electron chi connectivity index (χ4n) is 0.946. The second kappa shape index (κ2) is 4.94. The van der Waals surface area contributed by atoms with E-state index in [1.54, 1.807) is 24.3 Å². The van der Waals surface area contributed by atoms with Crippen LogP contribution in [0.2, 0.25) is 0 Å². The highest BCUT2D eigenvalue weighted by molar-refractivity contribution is 6.13. The first-order valence-corrected chi connectivity index (χ1v) is 3.94. The smallest absolute Gasteiger partial charge is 0.277 e. The highest BCUT2D eigenvalue weighted by atomic mass is 16.5. The zero-order valence-electron chi connectivity index (χ0n) is 7.31. The van der Waals surface area contributed by atoms with Crippen molar-refractivity contribution in [3.8, 4) is 0 Å². The topological polar surface area (TPSA) is 66.4 Å². The quantitative estimate of drug-likeness (QED) is 0.185. The first-order chi connectivity index (χ1) is 6.77. The van der Waals surface area contributed by atoms with E-state index in [0.29, 0.717) is 6.29 Å². The van der Waals surface area contributed by atoms with E-state index in [2.05, 4.69) is 0 Å². The summed E-state index contributed by atoms with van der Waals surface area (Å²) >= 11 is 0. The molecule has 0 aromatic heterocycles. The van der Waals surface area contributed by atoms with Crippen LogP contribution in [0, 0.1) is 0 Å². The van der Waals surface area contributed by atoms with E-state index >= 15 is 0 Å². The number of nitrogens with one attached hydrogen (secondary N) is 1. The number of hydrogen-bond donors (Lipinski definition) is 2. The third kappa shape index (κ3) is 2.53. The SMILES string of the molecule is O=CC(=Cc1ccccc1)C(=O)NO. The lowest BCUT2D eigenvalue weighted by atomic mass is 10.1. The monoisotopic (exact) mass is 191 g/mol. The van der Waals surface area contributed by atoms with Crippen LogP contribution in [0.25, 0.3) is 6.08 Å². The molecule has 1 aromatic carbocycles. The normalized spacial score (nSPS) is 10.8. The van der Waals surface area contributed by atoms with Crippen molar-refractivity contribution in [2.24, 2.45) is 0 Å². The average molecular weight is 191 g/mol. The van der Waals surface area contributed by atoms with Crippen molar-refractivity contribution >= 4 is 18.3 Å². The van der Waals surface area contributed by atoms with Gasteiger partial charge in [-0.2, -0.15) is 0 Å². The molecule has 4 heteroatoms. The van der Waals surface area contributed by atoms with Crippen molar-refractivity contribution in [1.82, 2.24) is 5.48 Å². The van der Waals surface area contributed by atoms with E-state index in [4.69, 9.17) is 5.21 Å². The van der Waals surface area contributed by atoms with E-state index in [1.165, 1.54) is 11.6 Å². The van der Waals surface area contributed by atoms with Crippen molar-refractivity contribution in [3.63, 3.8) is 0 Å². The number of benzene rings is 1. The molecule has 0 radical (unpaired) electrons. The fourth-order valence-corrected chi connectivity index (χ4v) is 0.946. The second-order valence-electron chi connectivity index (χ2n) is 2.57. The summed E-state index contributed by atoms with van der Waals surface area (Å²) in [5.74, 6) is -0.816. The van der Waals surface area contributed by atoms with Crippen LogP contribution in [0.4, 0.5) is 0 Å². The Hall–Kier alpha value is -1.94. The third-order valence-electron chi connectivity index (χ3n) is 1.61. The summed E-state index contributed by atoms with van der Waals surface area (Å²) in [6.07, 6.45) is 1.77. The van der Waals surface area contributed by atoms with Crippen LogP contribution >= 0.6 is 0 Å². The minimum atomic E-state index is -0.816. The standard InChI is InChI=1S/C10H9NO3/c12-7-9(10(13)11-14)6-8-4-2-1-3-5-8/h1-7,14H,(H,11,13). The Morgan fingerprint density at radius 1 is 1.29 bits per heavy atom. The Labute approximate surface area is 80.8 Å². The number of carbonyl (C=O) groups excluding carboxylic acids is 2. The molecule has 4 nitrogen and oxygen atoms in total. The van der Waals surface area contributed by atoms with Gasteiger partial charge in [0.1, 0.15) is 0 Å². The molecule has 0 bridgehead atoms. The van der Waals surface area contributed by atoms with Crippen LogP contribution in [-0.4, -0.2) is 17.4 Å². The molecule has 0 spiro atoms. The van der Waals surface area contributed by atoms with Crippen LogP contribution in [0.1, 0.15) is 5.56 Å².